The van der Waals surface area contributed by atoms with Crippen LogP contribution in [0.2, 0.25) is 5.15 Å². The van der Waals surface area contributed by atoms with Crippen molar-refractivity contribution in [3.05, 3.63) is 28.8 Å². The zero-order chi connectivity index (χ0) is 14.4. The number of pyridine rings is 1. The molecule has 2 amide bonds. The molecule has 5 nitrogen and oxygen atoms in total. The number of carbonyl (C=O) groups excluding carboxylic acids is 2. The Balaban J connectivity index is 2.65. The molecule has 0 aliphatic rings. The predicted octanol–water partition coefficient (Wildman–Crippen LogP) is 1.47. The zero-order valence-electron chi connectivity index (χ0n) is 10.7. The number of nitrogens with zero attached hydrogens (tertiary/aromatic N) is 2. The van der Waals surface area contributed by atoms with Crippen LogP contribution in [-0.4, -0.2) is 41.3 Å². The Hall–Kier alpha value is -1.69. The second kappa shape index (κ2) is 7.04. The van der Waals surface area contributed by atoms with E-state index in [-0.39, 0.29) is 23.2 Å². The maximum atomic E-state index is 13.0. The summed E-state index contributed by atoms with van der Waals surface area (Å²) in [7, 11) is 0. The Kier molecular flexibility index (Phi) is 5.69. The Morgan fingerprint density at radius 3 is 2.63 bits per heavy atom. The Bertz CT molecular complexity index is 478. The van der Waals surface area contributed by atoms with Gasteiger partial charge < -0.3 is 10.2 Å². The quantitative estimate of drug-likeness (QED) is 0.834. The zero-order valence-corrected chi connectivity index (χ0v) is 11.5. The van der Waals surface area contributed by atoms with Crippen molar-refractivity contribution >= 4 is 23.4 Å². The highest BCUT2D eigenvalue weighted by molar-refractivity contribution is 6.32. The van der Waals surface area contributed by atoms with Crippen LogP contribution in [0.1, 0.15) is 24.2 Å². The molecule has 0 spiro atoms. The molecule has 1 aromatic heterocycles. The summed E-state index contributed by atoms with van der Waals surface area (Å²) in [5.74, 6) is -1.50. The first-order valence-corrected chi connectivity index (χ1v) is 6.24. The molecule has 0 fully saturated rings. The Labute approximate surface area is 115 Å². The molecule has 0 aromatic carbocycles. The number of hydrogen-bond donors (Lipinski definition) is 1. The largest absolute Gasteiger partial charge is 0.343 e. The minimum absolute atomic E-state index is 0.0889. The van der Waals surface area contributed by atoms with Crippen molar-refractivity contribution < 1.29 is 14.0 Å². The van der Waals surface area contributed by atoms with E-state index in [0.717, 1.165) is 12.3 Å². The van der Waals surface area contributed by atoms with Crippen LogP contribution in [0.4, 0.5) is 4.39 Å². The topological polar surface area (TPSA) is 62.3 Å². The van der Waals surface area contributed by atoms with E-state index in [1.807, 2.05) is 13.8 Å². The van der Waals surface area contributed by atoms with Crippen molar-refractivity contribution in [3.63, 3.8) is 0 Å². The molecular formula is C12H15ClFN3O2. The highest BCUT2D eigenvalue weighted by Gasteiger charge is 2.15. The van der Waals surface area contributed by atoms with Crippen LogP contribution in [-0.2, 0) is 4.79 Å². The molecule has 0 saturated heterocycles. The van der Waals surface area contributed by atoms with Crippen molar-refractivity contribution in [2.45, 2.75) is 13.8 Å². The Morgan fingerprint density at radius 2 is 2.05 bits per heavy atom. The summed E-state index contributed by atoms with van der Waals surface area (Å²) in [5.41, 5.74) is -0.0889. The van der Waals surface area contributed by atoms with Gasteiger partial charge in [-0.15, -0.1) is 0 Å². The number of halogens is 2. The van der Waals surface area contributed by atoms with Gasteiger partial charge in [0.05, 0.1) is 18.3 Å². The normalized spacial score (nSPS) is 10.1. The predicted molar refractivity (Wildman–Crippen MR) is 69.5 cm³/mol. The first kappa shape index (κ1) is 15.4. The molecule has 7 heteroatoms. The third-order valence-corrected chi connectivity index (χ3v) is 2.87. The van der Waals surface area contributed by atoms with Crippen molar-refractivity contribution in [2.75, 3.05) is 19.6 Å². The van der Waals surface area contributed by atoms with Crippen LogP contribution >= 0.6 is 11.6 Å². The lowest BCUT2D eigenvalue weighted by molar-refractivity contribution is -0.129. The second-order valence-corrected chi connectivity index (χ2v) is 4.10. The third-order valence-electron chi connectivity index (χ3n) is 2.57. The van der Waals surface area contributed by atoms with E-state index in [4.69, 9.17) is 11.6 Å². The minimum atomic E-state index is -0.662. The lowest BCUT2D eigenvalue weighted by Crippen LogP contribution is -2.40. The first-order chi connectivity index (χ1) is 8.99. The highest BCUT2D eigenvalue weighted by atomic mass is 35.5. The lowest BCUT2D eigenvalue weighted by atomic mass is 10.2. The fourth-order valence-corrected chi connectivity index (χ4v) is 1.71. The van der Waals surface area contributed by atoms with Crippen molar-refractivity contribution in [2.24, 2.45) is 0 Å². The molecule has 0 aliphatic carbocycles. The van der Waals surface area contributed by atoms with Gasteiger partial charge in [0.2, 0.25) is 5.91 Å². The summed E-state index contributed by atoms with van der Waals surface area (Å²) in [6.07, 6.45) is 0.917. The van der Waals surface area contributed by atoms with Crippen LogP contribution < -0.4 is 5.32 Å². The fourth-order valence-electron chi connectivity index (χ4n) is 1.52. The van der Waals surface area contributed by atoms with Gasteiger partial charge in [-0.05, 0) is 19.9 Å². The van der Waals surface area contributed by atoms with Crippen LogP contribution in [0.3, 0.4) is 0 Å². The summed E-state index contributed by atoms with van der Waals surface area (Å²) in [6.45, 7) is 4.65. The van der Waals surface area contributed by atoms with E-state index in [1.54, 1.807) is 4.90 Å². The van der Waals surface area contributed by atoms with E-state index < -0.39 is 11.7 Å². The molecule has 1 aromatic rings. The maximum Gasteiger partial charge on any atom is 0.254 e. The highest BCUT2D eigenvalue weighted by Crippen LogP contribution is 2.13. The van der Waals surface area contributed by atoms with E-state index >= 15 is 0 Å². The smallest absolute Gasteiger partial charge is 0.254 e. The van der Waals surface area contributed by atoms with Gasteiger partial charge in [-0.3, -0.25) is 9.59 Å². The maximum absolute atomic E-state index is 13.0. The number of likely N-dealkylation sites (N-methyl/N-ethyl adjacent to an activating group) is 1. The van der Waals surface area contributed by atoms with Gasteiger partial charge >= 0.3 is 0 Å². The Morgan fingerprint density at radius 1 is 1.42 bits per heavy atom. The number of hydrogen-bond acceptors (Lipinski definition) is 3. The number of aromatic nitrogens is 1. The van der Waals surface area contributed by atoms with Crippen LogP contribution in [0, 0.1) is 5.82 Å². The molecule has 0 saturated carbocycles. The molecule has 1 heterocycles. The molecule has 0 aliphatic heterocycles. The second-order valence-electron chi connectivity index (χ2n) is 3.74. The van der Waals surface area contributed by atoms with Crippen molar-refractivity contribution in [1.82, 2.24) is 15.2 Å². The molecule has 1 rings (SSSR count). The lowest BCUT2D eigenvalue weighted by Gasteiger charge is -2.18. The molecule has 19 heavy (non-hydrogen) atoms. The van der Waals surface area contributed by atoms with Gasteiger partial charge in [-0.2, -0.15) is 0 Å². The number of carbonyl (C=O) groups is 2. The van der Waals surface area contributed by atoms with E-state index in [1.165, 1.54) is 0 Å². The molecule has 0 unspecified atom stereocenters. The summed E-state index contributed by atoms with van der Waals surface area (Å²) in [5, 5.41) is 2.29. The number of nitrogens with one attached hydrogen (secondary N) is 1. The van der Waals surface area contributed by atoms with Gasteiger partial charge in [0, 0.05) is 13.1 Å². The number of amides is 2. The molecule has 0 radical (unpaired) electrons. The van der Waals surface area contributed by atoms with E-state index in [9.17, 15) is 14.0 Å². The van der Waals surface area contributed by atoms with Crippen molar-refractivity contribution in [3.8, 4) is 0 Å². The molecule has 104 valence electrons. The van der Waals surface area contributed by atoms with Crippen LogP contribution in [0.15, 0.2) is 12.3 Å². The monoisotopic (exact) mass is 287 g/mol. The summed E-state index contributed by atoms with van der Waals surface area (Å²) in [4.78, 5) is 28.5. The van der Waals surface area contributed by atoms with Gasteiger partial charge in [-0.1, -0.05) is 11.6 Å². The molecule has 0 atom stereocenters. The van der Waals surface area contributed by atoms with Gasteiger partial charge in [0.15, 0.2) is 0 Å². The first-order valence-electron chi connectivity index (χ1n) is 5.86. The van der Waals surface area contributed by atoms with E-state index in [0.29, 0.717) is 13.1 Å². The van der Waals surface area contributed by atoms with Crippen LogP contribution in [0.25, 0.3) is 0 Å². The number of rotatable bonds is 5. The molecular weight excluding hydrogens is 273 g/mol. The summed E-state index contributed by atoms with van der Waals surface area (Å²) >= 11 is 5.69. The average molecular weight is 288 g/mol. The van der Waals surface area contributed by atoms with Crippen molar-refractivity contribution in [1.29, 1.82) is 0 Å². The summed E-state index contributed by atoms with van der Waals surface area (Å²) in [6, 6.07) is 0.979. The van der Waals surface area contributed by atoms with E-state index in [2.05, 4.69) is 10.3 Å². The van der Waals surface area contributed by atoms with Gasteiger partial charge in [0.25, 0.3) is 5.91 Å². The van der Waals surface area contributed by atoms with Gasteiger partial charge in [-0.25, -0.2) is 9.37 Å². The third kappa shape index (κ3) is 4.17. The summed E-state index contributed by atoms with van der Waals surface area (Å²) < 4.78 is 13.0. The fraction of sp³-hybridized carbons (Fsp3) is 0.417. The minimum Gasteiger partial charge on any atom is -0.343 e. The van der Waals surface area contributed by atoms with Gasteiger partial charge in [0.1, 0.15) is 11.0 Å². The molecule has 1 N–H and O–H groups in total. The standard InChI is InChI=1S/C12H15ClFN3O2/c1-3-17(4-2)10(18)7-16-12(19)9-5-8(14)6-15-11(9)13/h5-6H,3-4,7H2,1-2H3,(H,16,19). The van der Waals surface area contributed by atoms with Crippen LogP contribution in [0.5, 0.6) is 0 Å². The molecule has 0 bridgehead atoms. The average Bonchev–Trinajstić information content (AvgIpc) is 2.40. The SMILES string of the molecule is CCN(CC)C(=O)CNC(=O)c1cc(F)cnc1Cl.